The monoisotopic (exact) mass is 460 g/mol. The van der Waals surface area contributed by atoms with Crippen LogP contribution in [0.15, 0.2) is 48.5 Å². The summed E-state index contributed by atoms with van der Waals surface area (Å²) in [5.41, 5.74) is 0.0624. The van der Waals surface area contributed by atoms with Gasteiger partial charge in [-0.15, -0.1) is 0 Å². The molecule has 30 heavy (non-hydrogen) atoms. The lowest BCUT2D eigenvalue weighted by atomic mass is 9.97. The van der Waals surface area contributed by atoms with Crippen molar-refractivity contribution in [2.45, 2.75) is 24.8 Å². The first-order valence-corrected chi connectivity index (χ1v) is 11.2. The number of carbonyl (C=O) groups is 1. The maximum Gasteiger partial charge on any atom is 0.416 e. The second-order valence-electron chi connectivity index (χ2n) is 7.12. The second kappa shape index (κ2) is 8.95. The van der Waals surface area contributed by atoms with Gasteiger partial charge in [0.05, 0.1) is 11.3 Å². The van der Waals surface area contributed by atoms with E-state index in [2.05, 4.69) is 5.32 Å². The summed E-state index contributed by atoms with van der Waals surface area (Å²) in [6.07, 6.45) is -3.77. The molecular weight excluding hydrogens is 441 g/mol. The maximum atomic E-state index is 12.6. The van der Waals surface area contributed by atoms with Gasteiger partial charge >= 0.3 is 6.18 Å². The largest absolute Gasteiger partial charge is 0.416 e. The highest BCUT2D eigenvalue weighted by molar-refractivity contribution is 7.88. The number of carbonyl (C=O) groups excluding carboxylic acids is 1. The Kier molecular flexibility index (Phi) is 6.74. The molecule has 0 aromatic heterocycles. The van der Waals surface area contributed by atoms with Crippen molar-refractivity contribution in [1.29, 1.82) is 0 Å². The summed E-state index contributed by atoms with van der Waals surface area (Å²) in [4.78, 5) is 12.4. The lowest BCUT2D eigenvalue weighted by molar-refractivity contribution is -0.137. The standard InChI is InChI=1S/C20H20ClF3N2O3S/c21-17-3-1-2-14(12-17)13-30(28,29)26-10-8-15(9-11-26)19(27)25-18-6-4-16(5-7-18)20(22,23)24/h1-7,12,15H,8-11,13H2,(H,25,27). The van der Waals surface area contributed by atoms with Crippen LogP contribution in [0, 0.1) is 5.92 Å². The zero-order chi connectivity index (χ0) is 21.9. The molecule has 5 nitrogen and oxygen atoms in total. The molecule has 1 N–H and O–H groups in total. The molecule has 0 unspecified atom stereocenters. The van der Waals surface area contributed by atoms with Crippen LogP contribution in [0.4, 0.5) is 18.9 Å². The number of nitrogens with one attached hydrogen (secondary N) is 1. The average molecular weight is 461 g/mol. The highest BCUT2D eigenvalue weighted by Crippen LogP contribution is 2.30. The molecule has 1 fully saturated rings. The lowest BCUT2D eigenvalue weighted by Crippen LogP contribution is -2.41. The SMILES string of the molecule is O=C(Nc1ccc(C(F)(F)F)cc1)C1CCN(S(=O)(=O)Cc2cccc(Cl)c2)CC1. The van der Waals surface area contributed by atoms with E-state index in [0.29, 0.717) is 23.4 Å². The molecule has 0 bridgehead atoms. The number of rotatable bonds is 5. The van der Waals surface area contributed by atoms with Gasteiger partial charge in [-0.3, -0.25) is 4.79 Å². The molecule has 0 aliphatic carbocycles. The van der Waals surface area contributed by atoms with Gasteiger partial charge < -0.3 is 5.32 Å². The summed E-state index contributed by atoms with van der Waals surface area (Å²) in [7, 11) is -3.54. The predicted octanol–water partition coefficient (Wildman–Crippen LogP) is 4.54. The number of piperidine rings is 1. The van der Waals surface area contributed by atoms with Gasteiger partial charge in [0, 0.05) is 29.7 Å². The lowest BCUT2D eigenvalue weighted by Gasteiger charge is -2.30. The van der Waals surface area contributed by atoms with Crippen LogP contribution in [0.1, 0.15) is 24.0 Å². The van der Waals surface area contributed by atoms with Crippen molar-refractivity contribution < 1.29 is 26.4 Å². The molecule has 162 valence electrons. The average Bonchev–Trinajstić information content (AvgIpc) is 2.67. The Bertz CT molecular complexity index is 1000. The fraction of sp³-hybridized carbons (Fsp3) is 0.350. The Morgan fingerprint density at radius 2 is 1.73 bits per heavy atom. The minimum absolute atomic E-state index is 0.171. The molecule has 1 amide bonds. The van der Waals surface area contributed by atoms with Crippen molar-refractivity contribution in [3.8, 4) is 0 Å². The molecule has 0 atom stereocenters. The molecular formula is C20H20ClF3N2O3S. The highest BCUT2D eigenvalue weighted by Gasteiger charge is 2.32. The summed E-state index contributed by atoms with van der Waals surface area (Å²) < 4.78 is 64.5. The highest BCUT2D eigenvalue weighted by atomic mass is 35.5. The Morgan fingerprint density at radius 1 is 1.10 bits per heavy atom. The van der Waals surface area contributed by atoms with E-state index < -0.39 is 27.7 Å². The summed E-state index contributed by atoms with van der Waals surface area (Å²) in [6.45, 7) is 0.405. The van der Waals surface area contributed by atoms with Crippen LogP contribution in [0.2, 0.25) is 5.02 Å². The predicted molar refractivity (Wildman–Crippen MR) is 108 cm³/mol. The molecule has 3 rings (SSSR count). The molecule has 0 radical (unpaired) electrons. The molecule has 1 aliphatic heterocycles. The van der Waals surface area contributed by atoms with E-state index in [4.69, 9.17) is 11.6 Å². The van der Waals surface area contributed by atoms with Crippen molar-refractivity contribution in [3.05, 3.63) is 64.7 Å². The van der Waals surface area contributed by atoms with Crippen LogP contribution in [0.25, 0.3) is 0 Å². The number of hydrogen-bond donors (Lipinski definition) is 1. The van der Waals surface area contributed by atoms with Gasteiger partial charge in [0.15, 0.2) is 0 Å². The smallest absolute Gasteiger partial charge is 0.326 e. The van der Waals surface area contributed by atoms with Gasteiger partial charge in [0.2, 0.25) is 15.9 Å². The quantitative estimate of drug-likeness (QED) is 0.712. The first kappa shape index (κ1) is 22.6. The number of halogens is 4. The molecule has 10 heteroatoms. The van der Waals surface area contributed by atoms with Gasteiger partial charge in [0.1, 0.15) is 0 Å². The van der Waals surface area contributed by atoms with Gasteiger partial charge in [0.25, 0.3) is 0 Å². The topological polar surface area (TPSA) is 66.5 Å². The molecule has 0 spiro atoms. The number of nitrogens with zero attached hydrogens (tertiary/aromatic N) is 1. The number of anilines is 1. The number of amides is 1. The van der Waals surface area contributed by atoms with Crippen LogP contribution >= 0.6 is 11.6 Å². The Labute approximate surface area is 177 Å². The van der Waals surface area contributed by atoms with Crippen LogP contribution < -0.4 is 5.32 Å². The van der Waals surface area contributed by atoms with E-state index in [1.807, 2.05) is 0 Å². The minimum atomic E-state index is -4.44. The first-order valence-electron chi connectivity index (χ1n) is 9.25. The van der Waals surface area contributed by atoms with Crippen LogP contribution in [-0.2, 0) is 26.7 Å². The number of alkyl halides is 3. The Morgan fingerprint density at radius 3 is 2.30 bits per heavy atom. The van der Waals surface area contributed by atoms with E-state index in [1.54, 1.807) is 24.3 Å². The summed E-state index contributed by atoms with van der Waals surface area (Å²) in [5.74, 6) is -0.915. The van der Waals surface area contributed by atoms with Gasteiger partial charge in [-0.05, 0) is 54.8 Å². The van der Waals surface area contributed by atoms with Gasteiger partial charge in [-0.1, -0.05) is 23.7 Å². The fourth-order valence-electron chi connectivity index (χ4n) is 3.31. The van der Waals surface area contributed by atoms with E-state index in [0.717, 1.165) is 12.1 Å². The van der Waals surface area contributed by atoms with Crippen molar-refractivity contribution in [3.63, 3.8) is 0 Å². The molecule has 2 aromatic carbocycles. The normalized spacial score (nSPS) is 16.4. The van der Waals surface area contributed by atoms with Crippen LogP contribution in [0.3, 0.4) is 0 Å². The molecule has 2 aromatic rings. The van der Waals surface area contributed by atoms with E-state index in [1.165, 1.54) is 16.4 Å². The van der Waals surface area contributed by atoms with Crippen molar-refractivity contribution in [2.24, 2.45) is 5.92 Å². The third-order valence-corrected chi connectivity index (χ3v) is 7.02. The summed E-state index contributed by atoms with van der Waals surface area (Å²) in [5, 5.41) is 3.06. The molecule has 1 heterocycles. The molecule has 0 saturated carbocycles. The van der Waals surface area contributed by atoms with E-state index in [9.17, 15) is 26.4 Å². The number of sulfonamides is 1. The van der Waals surface area contributed by atoms with Crippen molar-refractivity contribution in [1.82, 2.24) is 4.31 Å². The second-order valence-corrected chi connectivity index (χ2v) is 9.53. The van der Waals surface area contributed by atoms with Crippen LogP contribution in [0.5, 0.6) is 0 Å². The molecule has 1 saturated heterocycles. The van der Waals surface area contributed by atoms with Crippen LogP contribution in [-0.4, -0.2) is 31.7 Å². The third kappa shape index (κ3) is 5.74. The Hall–Kier alpha value is -2.10. The molecule has 1 aliphatic rings. The van der Waals surface area contributed by atoms with Gasteiger partial charge in [-0.2, -0.15) is 13.2 Å². The minimum Gasteiger partial charge on any atom is -0.326 e. The maximum absolute atomic E-state index is 12.6. The summed E-state index contributed by atoms with van der Waals surface area (Å²) in [6, 6.07) is 10.8. The van der Waals surface area contributed by atoms with Gasteiger partial charge in [-0.25, -0.2) is 12.7 Å². The van der Waals surface area contributed by atoms with E-state index in [-0.39, 0.29) is 30.4 Å². The Balaban J connectivity index is 1.55. The summed E-state index contributed by atoms with van der Waals surface area (Å²) >= 11 is 5.90. The van der Waals surface area contributed by atoms with E-state index >= 15 is 0 Å². The number of benzene rings is 2. The number of hydrogen-bond acceptors (Lipinski definition) is 3. The zero-order valence-electron chi connectivity index (χ0n) is 15.8. The third-order valence-electron chi connectivity index (χ3n) is 4.94. The fourth-order valence-corrected chi connectivity index (χ4v) is 5.08. The zero-order valence-corrected chi connectivity index (χ0v) is 17.4. The van der Waals surface area contributed by atoms with Crippen molar-refractivity contribution >= 4 is 33.2 Å². The first-order chi connectivity index (χ1) is 14.0. The van der Waals surface area contributed by atoms with Crippen molar-refractivity contribution in [2.75, 3.05) is 18.4 Å².